The molecule has 6 nitrogen and oxygen atoms in total. The van der Waals surface area contributed by atoms with E-state index in [9.17, 15) is 9.90 Å². The summed E-state index contributed by atoms with van der Waals surface area (Å²) < 4.78 is 0. The topological polar surface area (TPSA) is 59.9 Å². The molecule has 3 heterocycles. The van der Waals surface area contributed by atoms with Gasteiger partial charge in [-0.05, 0) is 50.2 Å². The number of carbonyl (C=O) groups is 1. The average molecular weight is 358 g/mol. The van der Waals surface area contributed by atoms with Crippen LogP contribution < -0.4 is 4.90 Å². The standard InChI is InChI=1S/C20H30N4O2/c1-22(2)19(25)24-12-10-20(26)9-11-23(13-16(20)14-24)18-8-7-15-5-3-4-6-17(15)21-18/h7-8,16,26H,3-6,9-14H2,1-2H3/t16-,20-/m1/s1. The summed E-state index contributed by atoms with van der Waals surface area (Å²) in [5.41, 5.74) is 2.00. The van der Waals surface area contributed by atoms with E-state index in [1.54, 1.807) is 19.0 Å². The number of rotatable bonds is 1. The van der Waals surface area contributed by atoms with Crippen molar-refractivity contribution in [1.29, 1.82) is 0 Å². The zero-order chi connectivity index (χ0) is 18.3. The van der Waals surface area contributed by atoms with Gasteiger partial charge in [-0.15, -0.1) is 0 Å². The number of fused-ring (bicyclic) bond motifs is 2. The van der Waals surface area contributed by atoms with E-state index in [1.165, 1.54) is 24.1 Å². The van der Waals surface area contributed by atoms with E-state index in [0.717, 1.165) is 38.2 Å². The van der Waals surface area contributed by atoms with Gasteiger partial charge in [0.15, 0.2) is 0 Å². The van der Waals surface area contributed by atoms with Crippen LogP contribution in [0.1, 0.15) is 36.9 Å². The quantitative estimate of drug-likeness (QED) is 0.833. The molecule has 3 aliphatic rings. The molecule has 0 saturated carbocycles. The van der Waals surface area contributed by atoms with Crippen molar-refractivity contribution in [2.24, 2.45) is 5.92 Å². The molecule has 2 atom stereocenters. The second kappa shape index (κ2) is 6.72. The Morgan fingerprint density at radius 2 is 1.96 bits per heavy atom. The molecule has 2 fully saturated rings. The lowest BCUT2D eigenvalue weighted by Crippen LogP contribution is -2.61. The minimum Gasteiger partial charge on any atom is -0.389 e. The Hall–Kier alpha value is -1.82. The Bertz CT molecular complexity index is 692. The Morgan fingerprint density at radius 3 is 2.77 bits per heavy atom. The monoisotopic (exact) mass is 358 g/mol. The zero-order valence-electron chi connectivity index (χ0n) is 15.9. The van der Waals surface area contributed by atoms with Crippen LogP contribution in [0.25, 0.3) is 0 Å². The number of hydrogen-bond acceptors (Lipinski definition) is 4. The summed E-state index contributed by atoms with van der Waals surface area (Å²) >= 11 is 0. The van der Waals surface area contributed by atoms with Crippen molar-refractivity contribution in [2.45, 2.75) is 44.1 Å². The van der Waals surface area contributed by atoms with Crippen LogP contribution in [0.3, 0.4) is 0 Å². The van der Waals surface area contributed by atoms with Crippen molar-refractivity contribution in [2.75, 3.05) is 45.2 Å². The van der Waals surface area contributed by atoms with Gasteiger partial charge in [0.05, 0.1) is 5.60 Å². The number of aliphatic hydroxyl groups is 1. The minimum atomic E-state index is -0.645. The number of likely N-dealkylation sites (tertiary alicyclic amines) is 1. The fourth-order valence-corrected chi connectivity index (χ4v) is 4.71. The highest BCUT2D eigenvalue weighted by molar-refractivity contribution is 5.74. The molecule has 0 bridgehead atoms. The fraction of sp³-hybridized carbons (Fsp3) is 0.700. The van der Waals surface area contributed by atoms with E-state index >= 15 is 0 Å². The van der Waals surface area contributed by atoms with Crippen LogP contribution in [0, 0.1) is 5.92 Å². The van der Waals surface area contributed by atoms with E-state index < -0.39 is 5.60 Å². The third-order valence-electron chi connectivity index (χ3n) is 6.41. The maximum Gasteiger partial charge on any atom is 0.319 e. The van der Waals surface area contributed by atoms with Crippen molar-refractivity contribution < 1.29 is 9.90 Å². The second-order valence-electron chi connectivity index (χ2n) is 8.35. The van der Waals surface area contributed by atoms with Crippen LogP contribution in [-0.2, 0) is 12.8 Å². The van der Waals surface area contributed by atoms with Gasteiger partial charge >= 0.3 is 6.03 Å². The molecule has 1 aromatic rings. The summed E-state index contributed by atoms with van der Waals surface area (Å²) in [7, 11) is 3.57. The van der Waals surface area contributed by atoms with E-state index in [2.05, 4.69) is 17.0 Å². The summed E-state index contributed by atoms with van der Waals surface area (Å²) in [5, 5.41) is 11.1. The van der Waals surface area contributed by atoms with Crippen molar-refractivity contribution in [3.05, 3.63) is 23.4 Å². The molecule has 2 amide bonds. The fourth-order valence-electron chi connectivity index (χ4n) is 4.71. The maximum absolute atomic E-state index is 12.3. The normalized spacial score (nSPS) is 28.3. The highest BCUT2D eigenvalue weighted by Crippen LogP contribution is 2.37. The van der Waals surface area contributed by atoms with Gasteiger partial charge < -0.3 is 19.8 Å². The molecule has 142 valence electrons. The molecular weight excluding hydrogens is 328 g/mol. The molecule has 1 aliphatic carbocycles. The first-order valence-electron chi connectivity index (χ1n) is 9.89. The van der Waals surface area contributed by atoms with Crippen LogP contribution in [0.2, 0.25) is 0 Å². The van der Waals surface area contributed by atoms with Crippen LogP contribution in [0.15, 0.2) is 12.1 Å². The Kier molecular flexibility index (Phi) is 4.55. The van der Waals surface area contributed by atoms with Crippen molar-refractivity contribution in [3.63, 3.8) is 0 Å². The zero-order valence-corrected chi connectivity index (χ0v) is 15.9. The van der Waals surface area contributed by atoms with Gasteiger partial charge in [-0.1, -0.05) is 6.07 Å². The van der Waals surface area contributed by atoms with Crippen molar-refractivity contribution in [1.82, 2.24) is 14.8 Å². The third-order valence-corrected chi connectivity index (χ3v) is 6.41. The lowest BCUT2D eigenvalue weighted by atomic mass is 9.75. The molecule has 0 spiro atoms. The lowest BCUT2D eigenvalue weighted by molar-refractivity contribution is -0.0760. The van der Waals surface area contributed by atoms with Gasteiger partial charge in [0, 0.05) is 51.9 Å². The third kappa shape index (κ3) is 3.15. The van der Waals surface area contributed by atoms with Crippen molar-refractivity contribution >= 4 is 11.8 Å². The summed E-state index contributed by atoms with van der Waals surface area (Å²) in [6.07, 6.45) is 6.14. The molecule has 6 heteroatoms. The summed E-state index contributed by atoms with van der Waals surface area (Å²) in [6.45, 7) is 2.86. The van der Waals surface area contributed by atoms with Crippen LogP contribution >= 0.6 is 0 Å². The average Bonchev–Trinajstić information content (AvgIpc) is 2.66. The summed E-state index contributed by atoms with van der Waals surface area (Å²) in [5.74, 6) is 1.11. The van der Waals surface area contributed by atoms with Crippen LogP contribution in [0.5, 0.6) is 0 Å². The van der Waals surface area contributed by atoms with E-state index in [1.807, 2.05) is 4.90 Å². The number of piperidine rings is 2. The summed E-state index contributed by atoms with van der Waals surface area (Å²) in [6, 6.07) is 4.41. The van der Waals surface area contributed by atoms with Gasteiger partial charge in [0.25, 0.3) is 0 Å². The van der Waals surface area contributed by atoms with Crippen LogP contribution in [-0.4, -0.2) is 71.8 Å². The molecule has 26 heavy (non-hydrogen) atoms. The second-order valence-corrected chi connectivity index (χ2v) is 8.35. The van der Waals surface area contributed by atoms with Gasteiger partial charge in [-0.3, -0.25) is 0 Å². The van der Waals surface area contributed by atoms with Crippen molar-refractivity contribution in [3.8, 4) is 0 Å². The molecule has 0 aromatic carbocycles. The highest BCUT2D eigenvalue weighted by Gasteiger charge is 2.46. The van der Waals surface area contributed by atoms with E-state index in [4.69, 9.17) is 4.98 Å². The Labute approximate surface area is 155 Å². The van der Waals surface area contributed by atoms with Gasteiger partial charge in [-0.2, -0.15) is 0 Å². The number of amides is 2. The first-order valence-corrected chi connectivity index (χ1v) is 9.89. The van der Waals surface area contributed by atoms with E-state index in [-0.39, 0.29) is 11.9 Å². The largest absolute Gasteiger partial charge is 0.389 e. The number of aromatic nitrogens is 1. The molecule has 1 N–H and O–H groups in total. The number of pyridine rings is 1. The van der Waals surface area contributed by atoms with Gasteiger partial charge in [0.2, 0.25) is 0 Å². The number of hydrogen-bond donors (Lipinski definition) is 1. The lowest BCUT2D eigenvalue weighted by Gasteiger charge is -2.50. The smallest absolute Gasteiger partial charge is 0.319 e. The number of carbonyl (C=O) groups excluding carboxylic acids is 1. The first kappa shape index (κ1) is 17.6. The number of anilines is 1. The summed E-state index contributed by atoms with van der Waals surface area (Å²) in [4.78, 5) is 23.1. The molecule has 0 unspecified atom stereocenters. The number of aryl methyl sites for hydroxylation is 2. The highest BCUT2D eigenvalue weighted by atomic mass is 16.3. The molecule has 0 radical (unpaired) electrons. The van der Waals surface area contributed by atoms with Gasteiger partial charge in [-0.25, -0.2) is 9.78 Å². The predicted molar refractivity (Wildman–Crippen MR) is 101 cm³/mol. The molecular formula is C20H30N4O2. The number of nitrogens with zero attached hydrogens (tertiary/aromatic N) is 4. The van der Waals surface area contributed by atoms with E-state index in [0.29, 0.717) is 19.5 Å². The first-order chi connectivity index (χ1) is 12.5. The molecule has 2 aliphatic heterocycles. The SMILES string of the molecule is CN(C)C(=O)N1CC[C@]2(O)CCN(c3ccc4c(n3)CCCC4)C[C@@H]2C1. The minimum absolute atomic E-state index is 0.0380. The van der Waals surface area contributed by atoms with Gasteiger partial charge in [0.1, 0.15) is 5.82 Å². The number of urea groups is 1. The van der Waals surface area contributed by atoms with Crippen LogP contribution in [0.4, 0.5) is 10.6 Å². The Morgan fingerprint density at radius 1 is 1.19 bits per heavy atom. The predicted octanol–water partition coefficient (Wildman–Crippen LogP) is 1.91. The molecule has 4 rings (SSSR count). The maximum atomic E-state index is 12.3. The molecule has 1 aromatic heterocycles. The Balaban J connectivity index is 1.50. The molecule has 2 saturated heterocycles.